The van der Waals surface area contributed by atoms with Crippen molar-refractivity contribution in [3.63, 3.8) is 0 Å². The van der Waals surface area contributed by atoms with Crippen molar-refractivity contribution in [3.05, 3.63) is 29.6 Å². The number of nitrogens with zero attached hydrogens (tertiary/aromatic N) is 2. The first-order valence-corrected chi connectivity index (χ1v) is 4.93. The number of halogens is 1. The summed E-state index contributed by atoms with van der Waals surface area (Å²) in [5.74, 6) is -0.283. The molecule has 1 aliphatic heterocycles. The molecule has 0 radical (unpaired) electrons. The fourth-order valence-corrected chi connectivity index (χ4v) is 1.52. The molecule has 0 saturated heterocycles. The minimum atomic E-state index is -0.452. The van der Waals surface area contributed by atoms with Crippen molar-refractivity contribution in [2.45, 2.75) is 0 Å². The van der Waals surface area contributed by atoms with E-state index in [1.54, 1.807) is 6.08 Å². The van der Waals surface area contributed by atoms with Crippen molar-refractivity contribution < 1.29 is 9.63 Å². The van der Waals surface area contributed by atoms with Gasteiger partial charge in [-0.2, -0.15) is 0 Å². The summed E-state index contributed by atoms with van der Waals surface area (Å²) in [6, 6.07) is 3.79. The van der Waals surface area contributed by atoms with Gasteiger partial charge in [0.15, 0.2) is 0 Å². The van der Waals surface area contributed by atoms with Crippen molar-refractivity contribution in [1.29, 1.82) is 0 Å². The number of alkyl halides is 1. The lowest BCUT2D eigenvalue weighted by Crippen LogP contribution is -2.07. The molecule has 0 spiro atoms. The van der Waals surface area contributed by atoms with Gasteiger partial charge in [0, 0.05) is 18.9 Å². The van der Waals surface area contributed by atoms with Crippen molar-refractivity contribution in [2.75, 3.05) is 5.88 Å². The summed E-state index contributed by atoms with van der Waals surface area (Å²) in [4.78, 5) is 15.9. The molecule has 0 aromatic carbocycles. The average molecular weight is 225 g/mol. The minimum absolute atomic E-state index is 0.169. The second-order valence-corrected chi connectivity index (χ2v) is 3.42. The van der Waals surface area contributed by atoms with Gasteiger partial charge in [0.1, 0.15) is 5.71 Å². The van der Waals surface area contributed by atoms with Crippen molar-refractivity contribution in [2.24, 2.45) is 12.2 Å². The molecule has 1 aromatic heterocycles. The van der Waals surface area contributed by atoms with Crippen LogP contribution >= 0.6 is 11.6 Å². The third kappa shape index (κ3) is 1.80. The highest BCUT2D eigenvalue weighted by Gasteiger charge is 2.24. The van der Waals surface area contributed by atoms with E-state index in [0.717, 1.165) is 5.69 Å². The van der Waals surface area contributed by atoms with E-state index in [1.165, 1.54) is 0 Å². The summed E-state index contributed by atoms with van der Waals surface area (Å²) in [5, 5.41) is 3.58. The van der Waals surface area contributed by atoms with Crippen LogP contribution in [0, 0.1) is 0 Å². The van der Waals surface area contributed by atoms with E-state index in [-0.39, 0.29) is 5.88 Å². The number of hydrogen-bond donors (Lipinski definition) is 0. The maximum Gasteiger partial charge on any atom is 0.367 e. The van der Waals surface area contributed by atoms with Crippen LogP contribution in [0.4, 0.5) is 0 Å². The van der Waals surface area contributed by atoms with Crippen molar-refractivity contribution in [3.8, 4) is 0 Å². The lowest BCUT2D eigenvalue weighted by Gasteiger charge is -1.98. The predicted octanol–water partition coefficient (Wildman–Crippen LogP) is 1.56. The first-order valence-electron chi connectivity index (χ1n) is 4.40. The van der Waals surface area contributed by atoms with Crippen LogP contribution < -0.4 is 0 Å². The summed E-state index contributed by atoms with van der Waals surface area (Å²) < 4.78 is 1.89. The van der Waals surface area contributed by atoms with Crippen LogP contribution in [-0.2, 0) is 16.7 Å². The van der Waals surface area contributed by atoms with Crippen molar-refractivity contribution >= 4 is 29.4 Å². The van der Waals surface area contributed by atoms with Gasteiger partial charge in [-0.15, -0.1) is 11.6 Å². The molecule has 4 nitrogen and oxygen atoms in total. The Morgan fingerprint density at radius 2 is 2.47 bits per heavy atom. The molecule has 5 heteroatoms. The van der Waals surface area contributed by atoms with Gasteiger partial charge >= 0.3 is 5.97 Å². The van der Waals surface area contributed by atoms with Crippen LogP contribution in [0.25, 0.3) is 6.08 Å². The van der Waals surface area contributed by atoms with Gasteiger partial charge in [-0.1, -0.05) is 5.16 Å². The van der Waals surface area contributed by atoms with Gasteiger partial charge < -0.3 is 9.40 Å². The number of aryl methyl sites for hydroxylation is 1. The number of aromatic nitrogens is 1. The molecule has 0 amide bonds. The summed E-state index contributed by atoms with van der Waals surface area (Å²) in [6.45, 7) is 0. The lowest BCUT2D eigenvalue weighted by molar-refractivity contribution is -0.136. The Balaban J connectivity index is 2.38. The molecular weight excluding hydrogens is 216 g/mol. The number of oxime groups is 1. The first kappa shape index (κ1) is 9.98. The van der Waals surface area contributed by atoms with E-state index >= 15 is 0 Å². The molecule has 0 bridgehead atoms. The third-order valence-electron chi connectivity index (χ3n) is 2.17. The van der Waals surface area contributed by atoms with Gasteiger partial charge in [-0.05, 0) is 18.2 Å². The van der Waals surface area contributed by atoms with E-state index in [0.29, 0.717) is 11.3 Å². The van der Waals surface area contributed by atoms with Crippen LogP contribution in [0.5, 0.6) is 0 Å². The fourth-order valence-electron chi connectivity index (χ4n) is 1.32. The maximum absolute atomic E-state index is 11.3. The molecule has 0 unspecified atom stereocenters. The van der Waals surface area contributed by atoms with Crippen LogP contribution in [0.1, 0.15) is 5.69 Å². The predicted molar refractivity (Wildman–Crippen MR) is 57.6 cm³/mol. The molecule has 1 aromatic rings. The van der Waals surface area contributed by atoms with Crippen LogP contribution in [0.3, 0.4) is 0 Å². The fraction of sp³-hybridized carbons (Fsp3) is 0.200. The standard InChI is InChI=1S/C10H9ClN2O2/c1-13-4-2-3-7(13)5-8-9(6-11)12-15-10(8)14/h2-5H,6H2,1H3/b8-5+. The molecule has 2 heterocycles. The molecule has 78 valence electrons. The molecule has 0 atom stereocenters. The van der Waals surface area contributed by atoms with E-state index in [2.05, 4.69) is 9.99 Å². The Hall–Kier alpha value is -1.55. The van der Waals surface area contributed by atoms with E-state index in [1.807, 2.05) is 29.9 Å². The average Bonchev–Trinajstić information content (AvgIpc) is 2.77. The van der Waals surface area contributed by atoms with Gasteiger partial charge in [0.05, 0.1) is 11.5 Å². The second-order valence-electron chi connectivity index (χ2n) is 3.15. The topological polar surface area (TPSA) is 43.6 Å². The molecule has 2 rings (SSSR count). The van der Waals surface area contributed by atoms with E-state index in [9.17, 15) is 4.79 Å². The maximum atomic E-state index is 11.3. The summed E-state index contributed by atoms with van der Waals surface area (Å²) in [5.41, 5.74) is 1.80. The van der Waals surface area contributed by atoms with Crippen LogP contribution in [0.2, 0.25) is 0 Å². The SMILES string of the molecule is Cn1cccc1/C=C1/C(=O)ON=C1CCl. The van der Waals surface area contributed by atoms with Gasteiger partial charge in [0.2, 0.25) is 0 Å². The highest BCUT2D eigenvalue weighted by atomic mass is 35.5. The van der Waals surface area contributed by atoms with Gasteiger partial charge in [-0.25, -0.2) is 4.79 Å². The number of carbonyl (C=O) groups excluding carboxylic acids is 1. The molecular formula is C10H9ClN2O2. The zero-order valence-corrected chi connectivity index (χ0v) is 8.86. The molecule has 1 aliphatic rings. The zero-order chi connectivity index (χ0) is 10.8. The largest absolute Gasteiger partial charge is 0.367 e. The second kappa shape index (κ2) is 3.90. The number of carbonyl (C=O) groups is 1. The Bertz CT molecular complexity index is 460. The summed E-state index contributed by atoms with van der Waals surface area (Å²) >= 11 is 5.64. The molecule has 0 fully saturated rings. The highest BCUT2D eigenvalue weighted by molar-refractivity contribution is 6.38. The molecule has 0 N–H and O–H groups in total. The molecule has 0 saturated carbocycles. The van der Waals surface area contributed by atoms with Gasteiger partial charge in [0.25, 0.3) is 0 Å². The Labute approximate surface area is 91.8 Å². The third-order valence-corrected chi connectivity index (χ3v) is 2.43. The first-order chi connectivity index (χ1) is 7.22. The van der Waals surface area contributed by atoms with E-state index in [4.69, 9.17) is 11.6 Å². The zero-order valence-electron chi connectivity index (χ0n) is 8.11. The Morgan fingerprint density at radius 3 is 3.07 bits per heavy atom. The lowest BCUT2D eigenvalue weighted by atomic mass is 10.1. The monoisotopic (exact) mass is 224 g/mol. The normalized spacial score (nSPS) is 18.1. The highest BCUT2D eigenvalue weighted by Crippen LogP contribution is 2.16. The smallest absolute Gasteiger partial charge is 0.351 e. The van der Waals surface area contributed by atoms with Crippen molar-refractivity contribution in [1.82, 2.24) is 4.57 Å². The number of hydrogen-bond acceptors (Lipinski definition) is 3. The molecule has 0 aliphatic carbocycles. The van der Waals surface area contributed by atoms with E-state index < -0.39 is 5.97 Å². The summed E-state index contributed by atoms with van der Waals surface area (Å²) in [7, 11) is 1.89. The van der Waals surface area contributed by atoms with Crippen LogP contribution in [-0.4, -0.2) is 22.1 Å². The minimum Gasteiger partial charge on any atom is -0.351 e. The Kier molecular flexibility index (Phi) is 2.60. The summed E-state index contributed by atoms with van der Waals surface area (Å²) in [6.07, 6.45) is 3.61. The molecule has 15 heavy (non-hydrogen) atoms. The Morgan fingerprint density at radius 1 is 1.67 bits per heavy atom. The van der Waals surface area contributed by atoms with Crippen LogP contribution in [0.15, 0.2) is 29.1 Å². The quantitative estimate of drug-likeness (QED) is 0.435. The van der Waals surface area contributed by atoms with Gasteiger partial charge in [-0.3, -0.25) is 0 Å². The number of rotatable bonds is 2.